The van der Waals surface area contributed by atoms with E-state index in [-0.39, 0.29) is 0 Å². The summed E-state index contributed by atoms with van der Waals surface area (Å²) in [5, 5.41) is 4.00. The predicted octanol–water partition coefficient (Wildman–Crippen LogP) is 3.73. The molecule has 0 spiro atoms. The fraction of sp³-hybridized carbons (Fsp3) is 1.00. The van der Waals surface area contributed by atoms with E-state index in [9.17, 15) is 4.21 Å². The molecule has 0 aromatic carbocycles. The molecule has 1 rings (SSSR count). The van der Waals surface area contributed by atoms with Gasteiger partial charge in [0.2, 0.25) is 0 Å². The van der Waals surface area contributed by atoms with Gasteiger partial charge in [-0.3, -0.25) is 4.21 Å². The van der Waals surface area contributed by atoms with E-state index < -0.39 is 10.8 Å². The van der Waals surface area contributed by atoms with Crippen molar-refractivity contribution in [3.05, 3.63) is 0 Å². The van der Waals surface area contributed by atoms with Crippen LogP contribution in [-0.2, 0) is 10.8 Å². The molecule has 1 fully saturated rings. The molecular weight excluding hydrogens is 254 g/mol. The van der Waals surface area contributed by atoms with E-state index in [1.54, 1.807) is 0 Å². The van der Waals surface area contributed by atoms with Crippen molar-refractivity contribution >= 4 is 10.8 Å². The van der Waals surface area contributed by atoms with Crippen molar-refractivity contribution < 1.29 is 4.21 Å². The van der Waals surface area contributed by atoms with Crippen LogP contribution in [0.4, 0.5) is 0 Å². The molecule has 0 aromatic rings. The molecule has 1 N–H and O–H groups in total. The summed E-state index contributed by atoms with van der Waals surface area (Å²) in [5.41, 5.74) is 0.461. The van der Waals surface area contributed by atoms with E-state index >= 15 is 0 Å². The van der Waals surface area contributed by atoms with Crippen LogP contribution in [0.5, 0.6) is 0 Å². The maximum atomic E-state index is 11.3. The Morgan fingerprint density at radius 1 is 1.21 bits per heavy atom. The van der Waals surface area contributed by atoms with E-state index in [0.717, 1.165) is 18.9 Å². The SMILES string of the molecule is CC(CCNC1CCCC(C(C)(C)C)CC1)S(C)=O. The van der Waals surface area contributed by atoms with Gasteiger partial charge in [-0.15, -0.1) is 0 Å². The lowest BCUT2D eigenvalue weighted by molar-refractivity contribution is 0.213. The van der Waals surface area contributed by atoms with Crippen LogP contribution in [0.2, 0.25) is 0 Å². The maximum Gasteiger partial charge on any atom is 0.0329 e. The molecular formula is C16H33NOS. The standard InChI is InChI=1S/C16H33NOS/c1-13(19(5)18)11-12-17-15-8-6-7-14(9-10-15)16(2,3)4/h13-15,17H,6-12H2,1-5H3. The van der Waals surface area contributed by atoms with Gasteiger partial charge in [-0.2, -0.15) is 0 Å². The van der Waals surface area contributed by atoms with Crippen molar-refractivity contribution in [2.45, 2.75) is 77.5 Å². The Morgan fingerprint density at radius 2 is 1.89 bits per heavy atom. The van der Waals surface area contributed by atoms with Crippen LogP contribution in [0.3, 0.4) is 0 Å². The van der Waals surface area contributed by atoms with Crippen LogP contribution < -0.4 is 5.32 Å². The molecule has 114 valence electrons. The van der Waals surface area contributed by atoms with Crippen LogP contribution >= 0.6 is 0 Å². The van der Waals surface area contributed by atoms with E-state index in [4.69, 9.17) is 0 Å². The lowest BCUT2D eigenvalue weighted by atomic mass is 9.76. The molecule has 0 aliphatic heterocycles. The van der Waals surface area contributed by atoms with Crippen molar-refractivity contribution in [2.24, 2.45) is 11.3 Å². The summed E-state index contributed by atoms with van der Waals surface area (Å²) < 4.78 is 11.3. The van der Waals surface area contributed by atoms with Crippen LogP contribution in [0.15, 0.2) is 0 Å². The monoisotopic (exact) mass is 287 g/mol. The third-order valence-electron chi connectivity index (χ3n) is 4.74. The second-order valence-corrected chi connectivity index (χ2v) is 9.12. The number of nitrogens with one attached hydrogen (secondary N) is 1. The molecule has 0 bridgehead atoms. The topological polar surface area (TPSA) is 29.1 Å². The first kappa shape index (κ1) is 17.2. The molecule has 0 saturated heterocycles. The van der Waals surface area contributed by atoms with Crippen LogP contribution in [0.1, 0.15) is 66.2 Å². The Hall–Kier alpha value is 0.110. The van der Waals surface area contributed by atoms with Gasteiger partial charge in [0.1, 0.15) is 0 Å². The largest absolute Gasteiger partial charge is 0.314 e. The quantitative estimate of drug-likeness (QED) is 0.781. The van der Waals surface area contributed by atoms with E-state index in [1.165, 1.54) is 32.1 Å². The summed E-state index contributed by atoms with van der Waals surface area (Å²) in [6.07, 6.45) is 9.57. The molecule has 1 aliphatic rings. The van der Waals surface area contributed by atoms with E-state index in [1.807, 2.05) is 6.26 Å². The molecule has 0 aromatic heterocycles. The Kier molecular flexibility index (Phi) is 7.02. The number of hydrogen-bond donors (Lipinski definition) is 1. The first-order chi connectivity index (χ1) is 8.80. The Labute approximate surface area is 122 Å². The van der Waals surface area contributed by atoms with Crippen molar-refractivity contribution in [1.82, 2.24) is 5.32 Å². The van der Waals surface area contributed by atoms with Gasteiger partial charge < -0.3 is 5.32 Å². The summed E-state index contributed by atoms with van der Waals surface area (Å²) in [6.45, 7) is 10.2. The van der Waals surface area contributed by atoms with Gasteiger partial charge in [0.05, 0.1) is 0 Å². The van der Waals surface area contributed by atoms with E-state index in [0.29, 0.717) is 16.7 Å². The average Bonchev–Trinajstić information content (AvgIpc) is 2.53. The number of rotatable bonds is 5. The van der Waals surface area contributed by atoms with Crippen LogP contribution in [0, 0.1) is 11.3 Å². The summed E-state index contributed by atoms with van der Waals surface area (Å²) in [4.78, 5) is 0. The van der Waals surface area contributed by atoms with Gasteiger partial charge in [-0.1, -0.05) is 34.1 Å². The Balaban J connectivity index is 2.28. The first-order valence-electron chi connectivity index (χ1n) is 7.86. The van der Waals surface area contributed by atoms with Crippen molar-refractivity contribution in [3.63, 3.8) is 0 Å². The zero-order valence-electron chi connectivity index (χ0n) is 13.5. The minimum absolute atomic E-state index is 0.320. The molecule has 0 amide bonds. The highest BCUT2D eigenvalue weighted by Gasteiger charge is 2.27. The summed E-state index contributed by atoms with van der Waals surface area (Å²) >= 11 is 0. The van der Waals surface area contributed by atoms with Gasteiger partial charge in [0, 0.05) is 28.3 Å². The molecule has 4 unspecified atom stereocenters. The van der Waals surface area contributed by atoms with Crippen LogP contribution in [-0.4, -0.2) is 28.3 Å². The lowest BCUT2D eigenvalue weighted by Crippen LogP contribution is -2.31. The van der Waals surface area contributed by atoms with Gasteiger partial charge in [0.15, 0.2) is 0 Å². The predicted molar refractivity (Wildman–Crippen MR) is 86.0 cm³/mol. The fourth-order valence-electron chi connectivity index (χ4n) is 3.03. The van der Waals surface area contributed by atoms with Crippen molar-refractivity contribution in [2.75, 3.05) is 12.8 Å². The second kappa shape index (κ2) is 7.78. The lowest BCUT2D eigenvalue weighted by Gasteiger charge is -2.29. The molecule has 0 radical (unpaired) electrons. The highest BCUT2D eigenvalue weighted by atomic mass is 32.2. The average molecular weight is 288 g/mol. The number of hydrogen-bond acceptors (Lipinski definition) is 2. The van der Waals surface area contributed by atoms with Gasteiger partial charge in [-0.25, -0.2) is 0 Å². The normalized spacial score (nSPS) is 28.7. The zero-order valence-corrected chi connectivity index (χ0v) is 14.3. The van der Waals surface area contributed by atoms with Crippen molar-refractivity contribution in [1.29, 1.82) is 0 Å². The zero-order chi connectivity index (χ0) is 14.5. The molecule has 19 heavy (non-hydrogen) atoms. The fourth-order valence-corrected chi connectivity index (χ4v) is 3.48. The third-order valence-corrected chi connectivity index (χ3v) is 6.11. The van der Waals surface area contributed by atoms with E-state index in [2.05, 4.69) is 33.0 Å². The minimum Gasteiger partial charge on any atom is -0.314 e. The second-order valence-electron chi connectivity index (χ2n) is 7.32. The van der Waals surface area contributed by atoms with Crippen LogP contribution in [0.25, 0.3) is 0 Å². The maximum absolute atomic E-state index is 11.3. The van der Waals surface area contributed by atoms with Gasteiger partial charge >= 0.3 is 0 Å². The molecule has 1 aliphatic carbocycles. The molecule has 4 atom stereocenters. The van der Waals surface area contributed by atoms with Gasteiger partial charge in [-0.05, 0) is 50.0 Å². The summed E-state index contributed by atoms with van der Waals surface area (Å²) in [6, 6.07) is 0.685. The first-order valence-corrected chi connectivity index (χ1v) is 9.48. The molecule has 0 heterocycles. The smallest absolute Gasteiger partial charge is 0.0329 e. The highest BCUT2D eigenvalue weighted by molar-refractivity contribution is 7.84. The Bertz CT molecular complexity index is 285. The summed E-state index contributed by atoms with van der Waals surface area (Å²) in [5.74, 6) is 0.876. The third kappa shape index (κ3) is 6.40. The molecule has 3 heteroatoms. The minimum atomic E-state index is -0.678. The Morgan fingerprint density at radius 3 is 2.47 bits per heavy atom. The summed E-state index contributed by atoms with van der Waals surface area (Å²) in [7, 11) is -0.678. The van der Waals surface area contributed by atoms with Gasteiger partial charge in [0.25, 0.3) is 0 Å². The highest BCUT2D eigenvalue weighted by Crippen LogP contribution is 2.36. The molecule has 2 nitrogen and oxygen atoms in total. The van der Waals surface area contributed by atoms with Crippen molar-refractivity contribution in [3.8, 4) is 0 Å². The molecule has 1 saturated carbocycles.